The Balaban J connectivity index is 3.39. The summed E-state index contributed by atoms with van der Waals surface area (Å²) in [6.07, 6.45) is 0. The van der Waals surface area contributed by atoms with E-state index in [1.165, 1.54) is 4.90 Å². The molecule has 0 aliphatic rings. The third-order valence-corrected chi connectivity index (χ3v) is 0.832. The van der Waals surface area contributed by atoms with Crippen molar-refractivity contribution in [2.24, 2.45) is 0 Å². The molecule has 0 saturated carbocycles. The molecule has 0 aromatic rings. The molecule has 8 heavy (non-hydrogen) atoms. The van der Waals surface area contributed by atoms with E-state index < -0.39 is 0 Å². The highest BCUT2D eigenvalue weighted by atomic mass is 15.1. The van der Waals surface area contributed by atoms with Crippen molar-refractivity contribution < 1.29 is 10.6 Å². The van der Waals surface area contributed by atoms with Crippen molar-refractivity contribution >= 4 is 0 Å². The van der Waals surface area contributed by atoms with E-state index in [1.54, 1.807) is 0 Å². The second-order valence-electron chi connectivity index (χ2n) is 3.55. The van der Waals surface area contributed by atoms with Gasteiger partial charge in [0.05, 0.1) is 14.1 Å². The largest absolute Gasteiger partial charge is 0.349 e. The molecule has 0 unspecified atom stereocenters. The molecule has 0 aromatic carbocycles. The van der Waals surface area contributed by atoms with Crippen LogP contribution >= 0.6 is 0 Å². The maximum absolute atomic E-state index is 3.99. The summed E-state index contributed by atoms with van der Waals surface area (Å²) in [5.41, 5.74) is 4.22. The Morgan fingerprint density at radius 1 is 1.38 bits per heavy atom. The van der Waals surface area contributed by atoms with Crippen LogP contribution in [0.3, 0.4) is 0 Å². The predicted molar refractivity (Wildman–Crippen MR) is 34.6 cm³/mol. The molecule has 0 aromatic heterocycles. The standard InChI is InChI=1S/C6H16N2/c1-6(2,7)5-8(3)4/h5,7H2,1-4H3/p+2. The zero-order valence-electron chi connectivity index (χ0n) is 6.41. The van der Waals surface area contributed by atoms with Crippen LogP contribution in [0.2, 0.25) is 0 Å². The van der Waals surface area contributed by atoms with E-state index in [0.29, 0.717) is 0 Å². The normalized spacial score (nSPS) is 12.8. The summed E-state index contributed by atoms with van der Waals surface area (Å²) in [5.74, 6) is 0. The highest BCUT2D eigenvalue weighted by Gasteiger charge is 2.17. The van der Waals surface area contributed by atoms with Crippen LogP contribution < -0.4 is 10.6 Å². The fourth-order valence-corrected chi connectivity index (χ4v) is 0.957. The molecule has 0 aliphatic heterocycles. The summed E-state index contributed by atoms with van der Waals surface area (Å²) in [4.78, 5) is 1.46. The third kappa shape index (κ3) is 5.92. The lowest BCUT2D eigenvalue weighted by Crippen LogP contribution is -3.10. The van der Waals surface area contributed by atoms with Gasteiger partial charge in [0.15, 0.2) is 0 Å². The SMILES string of the molecule is C[NH+](C)CC(C)(C)[NH3+]. The molecule has 4 N–H and O–H groups in total. The minimum absolute atomic E-state index is 0.235. The van der Waals surface area contributed by atoms with Gasteiger partial charge in [0.25, 0.3) is 0 Å². The number of quaternary nitrogens is 2. The van der Waals surface area contributed by atoms with Crippen LogP contribution in [0.15, 0.2) is 0 Å². The number of likely N-dealkylation sites (N-methyl/N-ethyl adjacent to an activating group) is 1. The second-order valence-corrected chi connectivity index (χ2v) is 3.55. The third-order valence-electron chi connectivity index (χ3n) is 0.832. The summed E-state index contributed by atoms with van der Waals surface area (Å²) in [5, 5.41) is 0. The van der Waals surface area contributed by atoms with Gasteiger partial charge in [-0.15, -0.1) is 0 Å². The molecule has 0 radical (unpaired) electrons. The molecule has 0 amide bonds. The summed E-state index contributed by atoms with van der Waals surface area (Å²) >= 11 is 0. The van der Waals surface area contributed by atoms with Crippen molar-refractivity contribution in [1.29, 1.82) is 0 Å². The zero-order chi connectivity index (χ0) is 6.78. The average Bonchev–Trinajstić information content (AvgIpc) is 1.21. The lowest BCUT2D eigenvalue weighted by atomic mass is 10.1. The molecule has 0 heterocycles. The van der Waals surface area contributed by atoms with Crippen molar-refractivity contribution in [1.82, 2.24) is 0 Å². The topological polar surface area (TPSA) is 32.1 Å². The maximum Gasteiger partial charge on any atom is 0.138 e. The zero-order valence-corrected chi connectivity index (χ0v) is 6.41. The smallest absolute Gasteiger partial charge is 0.138 e. The van der Waals surface area contributed by atoms with E-state index in [2.05, 4.69) is 33.7 Å². The van der Waals surface area contributed by atoms with Gasteiger partial charge in [-0.3, -0.25) is 0 Å². The van der Waals surface area contributed by atoms with Gasteiger partial charge in [-0.1, -0.05) is 0 Å². The van der Waals surface area contributed by atoms with E-state index in [1.807, 2.05) is 0 Å². The molecule has 2 nitrogen and oxygen atoms in total. The molecule has 0 rings (SSSR count). The Labute approximate surface area is 51.7 Å². The number of rotatable bonds is 2. The lowest BCUT2D eigenvalue weighted by molar-refractivity contribution is -0.874. The minimum Gasteiger partial charge on any atom is -0.349 e. The molecule has 0 atom stereocenters. The molecular formula is C6H18N2+2. The first-order valence-corrected chi connectivity index (χ1v) is 3.06. The summed E-state index contributed by atoms with van der Waals surface area (Å²) in [6.45, 7) is 5.44. The Morgan fingerprint density at radius 3 is 1.75 bits per heavy atom. The molecule has 0 bridgehead atoms. The molecule has 0 fully saturated rings. The van der Waals surface area contributed by atoms with Crippen LogP contribution in [0, 0.1) is 0 Å². The van der Waals surface area contributed by atoms with Gasteiger partial charge in [0.1, 0.15) is 12.1 Å². The fourth-order valence-electron chi connectivity index (χ4n) is 0.957. The van der Waals surface area contributed by atoms with Crippen molar-refractivity contribution in [3.63, 3.8) is 0 Å². The van der Waals surface area contributed by atoms with E-state index in [9.17, 15) is 0 Å². The van der Waals surface area contributed by atoms with E-state index in [-0.39, 0.29) is 5.54 Å². The first-order valence-electron chi connectivity index (χ1n) is 3.06. The van der Waals surface area contributed by atoms with E-state index in [4.69, 9.17) is 0 Å². The second kappa shape index (κ2) is 2.46. The summed E-state index contributed by atoms with van der Waals surface area (Å²) < 4.78 is 0. The fraction of sp³-hybridized carbons (Fsp3) is 1.00. The van der Waals surface area contributed by atoms with Crippen LogP contribution in [0.25, 0.3) is 0 Å². The van der Waals surface area contributed by atoms with Crippen LogP contribution in [0.4, 0.5) is 0 Å². The Morgan fingerprint density at radius 2 is 1.75 bits per heavy atom. The summed E-state index contributed by atoms with van der Waals surface area (Å²) in [7, 11) is 4.29. The monoisotopic (exact) mass is 118 g/mol. The van der Waals surface area contributed by atoms with Gasteiger partial charge < -0.3 is 10.6 Å². The van der Waals surface area contributed by atoms with Crippen LogP contribution in [0.1, 0.15) is 13.8 Å². The lowest BCUT2D eigenvalue weighted by Gasteiger charge is -2.16. The van der Waals surface area contributed by atoms with Gasteiger partial charge >= 0.3 is 0 Å². The van der Waals surface area contributed by atoms with Crippen molar-refractivity contribution in [2.75, 3.05) is 20.6 Å². The van der Waals surface area contributed by atoms with Gasteiger partial charge in [-0.2, -0.15) is 0 Å². The highest BCUT2D eigenvalue weighted by Crippen LogP contribution is 1.84. The number of hydrogen-bond acceptors (Lipinski definition) is 0. The number of nitrogens with one attached hydrogen (secondary N) is 1. The van der Waals surface area contributed by atoms with Gasteiger partial charge in [-0.05, 0) is 13.8 Å². The molecule has 0 spiro atoms. The van der Waals surface area contributed by atoms with Crippen LogP contribution in [-0.2, 0) is 0 Å². The molecule has 0 aliphatic carbocycles. The van der Waals surface area contributed by atoms with Gasteiger partial charge in [0.2, 0.25) is 0 Å². The molecule has 0 saturated heterocycles. The van der Waals surface area contributed by atoms with Crippen molar-refractivity contribution in [3.8, 4) is 0 Å². The Bertz CT molecular complexity index is 61.4. The maximum atomic E-state index is 3.99. The van der Waals surface area contributed by atoms with Crippen LogP contribution in [0.5, 0.6) is 0 Å². The van der Waals surface area contributed by atoms with Crippen molar-refractivity contribution in [3.05, 3.63) is 0 Å². The first kappa shape index (κ1) is 7.92. The molecule has 50 valence electrons. The predicted octanol–water partition coefficient (Wildman–Crippen LogP) is -1.85. The minimum atomic E-state index is 0.235. The van der Waals surface area contributed by atoms with Crippen LogP contribution in [-0.4, -0.2) is 26.2 Å². The van der Waals surface area contributed by atoms with E-state index >= 15 is 0 Å². The quantitative estimate of drug-likeness (QED) is 0.427. The average molecular weight is 118 g/mol. The number of hydrogen-bond donors (Lipinski definition) is 2. The first-order chi connectivity index (χ1) is 3.42. The van der Waals surface area contributed by atoms with Gasteiger partial charge in [-0.25, -0.2) is 0 Å². The summed E-state index contributed by atoms with van der Waals surface area (Å²) in [6, 6.07) is 0. The Kier molecular flexibility index (Phi) is 2.44. The Hall–Kier alpha value is -0.0800. The van der Waals surface area contributed by atoms with Gasteiger partial charge in [0, 0.05) is 0 Å². The van der Waals surface area contributed by atoms with Crippen molar-refractivity contribution in [2.45, 2.75) is 19.4 Å². The highest BCUT2D eigenvalue weighted by molar-refractivity contribution is 4.57. The molecule has 2 heteroatoms. The molecular weight excluding hydrogens is 100 g/mol. The van der Waals surface area contributed by atoms with E-state index in [0.717, 1.165) is 6.54 Å².